The first-order valence-electron chi connectivity index (χ1n) is 5.75. The molecule has 0 amide bonds. The van der Waals surface area contributed by atoms with E-state index in [-0.39, 0.29) is 0 Å². The first kappa shape index (κ1) is 12.8. The van der Waals surface area contributed by atoms with Crippen molar-refractivity contribution in [2.75, 3.05) is 0 Å². The van der Waals surface area contributed by atoms with Crippen LogP contribution in [0.25, 0.3) is 0 Å². The molecule has 0 aromatic heterocycles. The van der Waals surface area contributed by atoms with Crippen LogP contribution in [0, 0.1) is 0 Å². The maximum Gasteiger partial charge on any atom is 0.277 e. The van der Waals surface area contributed by atoms with Crippen molar-refractivity contribution >= 4 is 13.5 Å². The van der Waals surface area contributed by atoms with E-state index in [1.54, 1.807) is 0 Å². The second kappa shape index (κ2) is 5.74. The van der Waals surface area contributed by atoms with Crippen molar-refractivity contribution in [2.45, 2.75) is 33.4 Å². The van der Waals surface area contributed by atoms with Crippen LogP contribution in [0.5, 0.6) is 0 Å². The Morgan fingerprint density at radius 2 is 1.94 bits per heavy atom. The Morgan fingerprint density at radius 1 is 1.31 bits per heavy atom. The zero-order valence-corrected chi connectivity index (χ0v) is 11.6. The second-order valence-electron chi connectivity index (χ2n) is 4.19. The van der Waals surface area contributed by atoms with Gasteiger partial charge in [-0.05, 0) is 31.3 Å². The van der Waals surface area contributed by atoms with Gasteiger partial charge in [0.2, 0.25) is 0 Å². The molecule has 0 bridgehead atoms. The van der Waals surface area contributed by atoms with Crippen LogP contribution in [0.1, 0.15) is 20.3 Å². The first-order valence-corrected chi connectivity index (χ1v) is 8.65. The Hall–Kier alpha value is -1.24. The highest BCUT2D eigenvalue weighted by Crippen LogP contribution is 2.12. The quantitative estimate of drug-likeness (QED) is 0.438. The third-order valence-electron chi connectivity index (χ3n) is 2.47. The fourth-order valence-electron chi connectivity index (χ4n) is 1.57. The Morgan fingerprint density at radius 3 is 2.44 bits per heavy atom. The Labute approximate surface area is 99.6 Å². The van der Waals surface area contributed by atoms with Gasteiger partial charge in [-0.1, -0.05) is 43.0 Å². The molecule has 2 heteroatoms. The average molecular weight is 232 g/mol. The molecule has 0 fully saturated rings. The number of rotatable bonds is 4. The van der Waals surface area contributed by atoms with Gasteiger partial charge in [-0.15, -0.1) is 0 Å². The van der Waals surface area contributed by atoms with E-state index >= 15 is 0 Å². The van der Waals surface area contributed by atoms with Crippen molar-refractivity contribution in [1.29, 1.82) is 0 Å². The zero-order chi connectivity index (χ0) is 12.0. The lowest BCUT2D eigenvalue weighted by Gasteiger charge is -2.25. The molecule has 0 heterocycles. The lowest BCUT2D eigenvalue weighted by molar-refractivity contribution is 0.412. The lowest BCUT2D eigenvalue weighted by atomic mass is 10.4. The fourth-order valence-corrected chi connectivity index (χ4v) is 3.50. The van der Waals surface area contributed by atoms with E-state index < -0.39 is 8.32 Å². The van der Waals surface area contributed by atoms with Gasteiger partial charge in [-0.2, -0.15) is 0 Å². The van der Waals surface area contributed by atoms with Gasteiger partial charge in [-0.25, -0.2) is 0 Å². The molecule has 0 atom stereocenters. The van der Waals surface area contributed by atoms with Crippen molar-refractivity contribution in [2.24, 2.45) is 0 Å². The zero-order valence-electron chi connectivity index (χ0n) is 10.6. The van der Waals surface area contributed by atoms with Gasteiger partial charge in [0, 0.05) is 6.42 Å². The third-order valence-corrected chi connectivity index (χ3v) is 4.95. The summed E-state index contributed by atoms with van der Waals surface area (Å²) in [6.45, 7) is 8.50. The maximum atomic E-state index is 6.13. The molecule has 16 heavy (non-hydrogen) atoms. The number of hydrogen-bond donors (Lipinski definition) is 0. The molecule has 86 valence electrons. The summed E-state index contributed by atoms with van der Waals surface area (Å²) in [4.78, 5) is 0. The van der Waals surface area contributed by atoms with Crippen LogP contribution in [-0.2, 0) is 4.43 Å². The van der Waals surface area contributed by atoms with Crippen LogP contribution in [-0.4, -0.2) is 8.32 Å². The van der Waals surface area contributed by atoms with Crippen molar-refractivity contribution < 1.29 is 4.43 Å². The molecule has 1 aromatic rings. The van der Waals surface area contributed by atoms with Crippen molar-refractivity contribution in [3.8, 4) is 0 Å². The molecule has 0 radical (unpaired) electrons. The molecule has 1 rings (SSSR count). The molecule has 0 unspecified atom stereocenters. The van der Waals surface area contributed by atoms with Gasteiger partial charge in [-0.3, -0.25) is 0 Å². The highest BCUT2D eigenvalue weighted by atomic mass is 28.4. The minimum Gasteiger partial charge on any atom is -0.537 e. The van der Waals surface area contributed by atoms with Crippen molar-refractivity contribution in [3.63, 3.8) is 0 Å². The summed E-state index contributed by atoms with van der Waals surface area (Å²) < 4.78 is 6.13. The highest BCUT2D eigenvalue weighted by molar-refractivity contribution is 6.84. The predicted octanol–water partition coefficient (Wildman–Crippen LogP) is 3.58. The molecular formula is C14H20OSi. The smallest absolute Gasteiger partial charge is 0.277 e. The van der Waals surface area contributed by atoms with Crippen LogP contribution >= 0.6 is 0 Å². The van der Waals surface area contributed by atoms with Gasteiger partial charge < -0.3 is 4.43 Å². The van der Waals surface area contributed by atoms with E-state index in [1.165, 1.54) is 5.19 Å². The molecule has 0 N–H and O–H groups in total. The topological polar surface area (TPSA) is 9.23 Å². The Bertz CT molecular complexity index is 386. The SMILES string of the molecule is CC=C=C(CC)O[Si](C)(C)c1ccccc1. The molecule has 0 aliphatic carbocycles. The van der Waals surface area contributed by atoms with Crippen LogP contribution < -0.4 is 5.19 Å². The molecule has 1 nitrogen and oxygen atoms in total. The van der Waals surface area contributed by atoms with E-state index in [1.807, 2.05) is 19.1 Å². The van der Waals surface area contributed by atoms with Crippen LogP contribution in [0.15, 0.2) is 47.9 Å². The summed E-state index contributed by atoms with van der Waals surface area (Å²) in [6.07, 6.45) is 2.81. The van der Waals surface area contributed by atoms with Crippen LogP contribution in [0.2, 0.25) is 13.1 Å². The molecule has 1 aromatic carbocycles. The van der Waals surface area contributed by atoms with Gasteiger partial charge in [0.25, 0.3) is 8.32 Å². The third kappa shape index (κ3) is 3.40. The van der Waals surface area contributed by atoms with E-state index in [9.17, 15) is 0 Å². The van der Waals surface area contributed by atoms with Crippen molar-refractivity contribution in [1.82, 2.24) is 0 Å². The molecular weight excluding hydrogens is 212 g/mol. The minimum atomic E-state index is -1.82. The Balaban J connectivity index is 2.91. The van der Waals surface area contributed by atoms with Gasteiger partial charge in [0.15, 0.2) is 0 Å². The van der Waals surface area contributed by atoms with Gasteiger partial charge >= 0.3 is 0 Å². The molecule has 0 spiro atoms. The number of allylic oxidation sites excluding steroid dienone is 1. The summed E-state index contributed by atoms with van der Waals surface area (Å²) in [5.74, 6) is 0.961. The van der Waals surface area contributed by atoms with Crippen molar-refractivity contribution in [3.05, 3.63) is 47.9 Å². The second-order valence-corrected chi connectivity index (χ2v) is 7.99. The van der Waals surface area contributed by atoms with E-state index in [4.69, 9.17) is 4.43 Å². The van der Waals surface area contributed by atoms with Crippen LogP contribution in [0.4, 0.5) is 0 Å². The standard InChI is InChI=1S/C14H20OSi/c1-5-10-13(6-2)15-16(3,4)14-11-8-7-9-12-14/h5,7-9,11-12H,6H2,1-4H3. The monoisotopic (exact) mass is 232 g/mol. The molecule has 0 saturated carbocycles. The summed E-state index contributed by atoms with van der Waals surface area (Å²) >= 11 is 0. The fraction of sp³-hybridized carbons (Fsp3) is 0.357. The first-order chi connectivity index (χ1) is 7.60. The molecule has 0 aliphatic heterocycles. The van der Waals surface area contributed by atoms with E-state index in [0.29, 0.717) is 0 Å². The molecule has 0 aliphatic rings. The van der Waals surface area contributed by atoms with Crippen LogP contribution in [0.3, 0.4) is 0 Å². The predicted molar refractivity (Wildman–Crippen MR) is 72.2 cm³/mol. The summed E-state index contributed by atoms with van der Waals surface area (Å²) in [6, 6.07) is 10.5. The largest absolute Gasteiger partial charge is 0.537 e. The lowest BCUT2D eigenvalue weighted by Crippen LogP contribution is -2.44. The normalized spacial score (nSPS) is 10.5. The average Bonchev–Trinajstić information content (AvgIpc) is 2.29. The summed E-state index contributed by atoms with van der Waals surface area (Å²) in [5, 5.41) is 1.32. The van der Waals surface area contributed by atoms with E-state index in [2.05, 4.69) is 50.0 Å². The summed E-state index contributed by atoms with van der Waals surface area (Å²) in [5.41, 5.74) is 3.16. The highest BCUT2D eigenvalue weighted by Gasteiger charge is 2.27. The van der Waals surface area contributed by atoms with E-state index in [0.717, 1.165) is 12.2 Å². The molecule has 0 saturated heterocycles. The number of hydrogen-bond acceptors (Lipinski definition) is 1. The minimum absolute atomic E-state index is 0.896. The number of benzene rings is 1. The van der Waals surface area contributed by atoms with Gasteiger partial charge in [0.05, 0.1) is 0 Å². The Kier molecular flexibility index (Phi) is 4.60. The summed E-state index contributed by atoms with van der Waals surface area (Å²) in [7, 11) is -1.82. The van der Waals surface area contributed by atoms with Gasteiger partial charge in [0.1, 0.15) is 5.76 Å². The maximum absolute atomic E-state index is 6.13.